The van der Waals surface area contributed by atoms with Crippen molar-refractivity contribution in [3.05, 3.63) is 91.3 Å². The lowest BCUT2D eigenvalue weighted by molar-refractivity contribution is -0.117. The molecule has 0 unspecified atom stereocenters. The molecule has 224 valence electrons. The van der Waals surface area contributed by atoms with Crippen LogP contribution >= 0.6 is 22.6 Å². The number of nitrogens with zero attached hydrogens (tertiary/aromatic N) is 1. The lowest BCUT2D eigenvalue weighted by Crippen LogP contribution is -2.39. The monoisotopic (exact) mass is 691 g/mol. The van der Waals surface area contributed by atoms with E-state index in [1.807, 2.05) is 12.1 Å². The van der Waals surface area contributed by atoms with E-state index in [-0.39, 0.29) is 17.5 Å². The Morgan fingerprint density at radius 2 is 1.60 bits per heavy atom. The van der Waals surface area contributed by atoms with E-state index in [9.17, 15) is 9.59 Å². The Hall–Kier alpha value is -3.17. The molecule has 0 amide bonds. The number of methoxy groups -OCH3 is 2. The highest BCUT2D eigenvalue weighted by atomic mass is 127. The molecule has 0 bridgehead atoms. The number of aryl methyl sites for hydroxylation is 1. The van der Waals surface area contributed by atoms with Gasteiger partial charge in [-0.25, -0.2) is 0 Å². The van der Waals surface area contributed by atoms with Crippen molar-refractivity contribution in [3.8, 4) is 11.5 Å². The maximum atomic E-state index is 13.7. The standard InChI is InChI=1S/C36H38INO5/c1-22-15-16-23-9-4-5-10-25(23)26(22)21-43-36-27(37)19-24(20-32(36)42-3)33-34-28(11-6-13-30(34)39)38(17-8-18-41-2)29-12-7-14-31(40)35(29)33/h4-5,9-10,15-16,19-20,33H,6-8,11-14,17-18,21H2,1-3H3. The maximum absolute atomic E-state index is 13.7. The second kappa shape index (κ2) is 12.8. The summed E-state index contributed by atoms with van der Waals surface area (Å²) in [6, 6.07) is 16.7. The molecule has 2 aliphatic carbocycles. The molecule has 43 heavy (non-hydrogen) atoms. The summed E-state index contributed by atoms with van der Waals surface area (Å²) < 4.78 is 18.6. The van der Waals surface area contributed by atoms with E-state index in [1.165, 1.54) is 16.3 Å². The van der Waals surface area contributed by atoms with Crippen LogP contribution in [0.1, 0.15) is 67.6 Å². The molecule has 0 atom stereocenters. The van der Waals surface area contributed by atoms with Crippen LogP contribution in [0.25, 0.3) is 10.8 Å². The van der Waals surface area contributed by atoms with Gasteiger partial charge in [-0.2, -0.15) is 0 Å². The fraction of sp³-hybridized carbons (Fsp3) is 0.389. The molecule has 7 heteroatoms. The van der Waals surface area contributed by atoms with Crippen molar-refractivity contribution in [2.45, 2.75) is 64.4 Å². The van der Waals surface area contributed by atoms with Gasteiger partial charge in [0.15, 0.2) is 23.1 Å². The normalized spacial score (nSPS) is 17.4. The summed E-state index contributed by atoms with van der Waals surface area (Å²) in [7, 11) is 3.36. The van der Waals surface area contributed by atoms with Crippen molar-refractivity contribution in [3.63, 3.8) is 0 Å². The van der Waals surface area contributed by atoms with Crippen LogP contribution in [0.4, 0.5) is 0 Å². The molecule has 3 aromatic rings. The molecule has 0 spiro atoms. The molecule has 3 aliphatic rings. The number of halogens is 1. The molecule has 0 saturated carbocycles. The Labute approximate surface area is 267 Å². The summed E-state index contributed by atoms with van der Waals surface area (Å²) in [5, 5.41) is 2.36. The molecular weight excluding hydrogens is 653 g/mol. The van der Waals surface area contributed by atoms with Gasteiger partial charge in [-0.05, 0) is 95.7 Å². The number of Topliss-reactive ketones (excluding diaryl/α,β-unsaturated/α-hetero) is 2. The van der Waals surface area contributed by atoms with E-state index in [4.69, 9.17) is 14.2 Å². The highest BCUT2D eigenvalue weighted by molar-refractivity contribution is 14.1. The van der Waals surface area contributed by atoms with Gasteiger partial charge in [-0.3, -0.25) is 9.59 Å². The van der Waals surface area contributed by atoms with Crippen LogP contribution in [0.2, 0.25) is 0 Å². The summed E-state index contributed by atoms with van der Waals surface area (Å²) in [6.07, 6.45) is 5.22. The number of carbonyl (C=O) groups is 2. The van der Waals surface area contributed by atoms with Gasteiger partial charge in [-0.15, -0.1) is 0 Å². The Balaban J connectivity index is 1.41. The van der Waals surface area contributed by atoms with E-state index in [1.54, 1.807) is 14.2 Å². The zero-order chi connectivity index (χ0) is 30.1. The minimum absolute atomic E-state index is 0.147. The van der Waals surface area contributed by atoms with E-state index in [0.29, 0.717) is 37.6 Å². The van der Waals surface area contributed by atoms with Gasteiger partial charge < -0.3 is 19.1 Å². The lowest BCUT2D eigenvalue weighted by Gasteiger charge is -2.44. The highest BCUT2D eigenvalue weighted by Gasteiger charge is 2.43. The molecular formula is C36H38INO5. The second-order valence-electron chi connectivity index (χ2n) is 11.6. The molecule has 0 radical (unpaired) electrons. The van der Waals surface area contributed by atoms with Gasteiger partial charge >= 0.3 is 0 Å². The summed E-state index contributed by atoms with van der Waals surface area (Å²) in [5.74, 6) is 1.19. The lowest BCUT2D eigenvalue weighted by atomic mass is 9.71. The van der Waals surface area contributed by atoms with Crippen LogP contribution in [-0.2, 0) is 20.9 Å². The van der Waals surface area contributed by atoms with Gasteiger partial charge in [0.1, 0.15) is 6.61 Å². The molecule has 0 N–H and O–H groups in total. The number of allylic oxidation sites excluding steroid dienone is 4. The summed E-state index contributed by atoms with van der Waals surface area (Å²) in [5.41, 5.74) is 6.99. The maximum Gasteiger partial charge on any atom is 0.174 e. The molecule has 0 aromatic heterocycles. The first-order chi connectivity index (χ1) is 20.9. The van der Waals surface area contributed by atoms with Crippen LogP contribution < -0.4 is 9.47 Å². The molecule has 0 fully saturated rings. The summed E-state index contributed by atoms with van der Waals surface area (Å²) in [4.78, 5) is 29.6. The molecule has 1 heterocycles. The Bertz CT molecular complexity index is 1610. The fourth-order valence-electron chi connectivity index (χ4n) is 7.01. The average molecular weight is 692 g/mol. The van der Waals surface area contributed by atoms with E-state index in [0.717, 1.165) is 75.9 Å². The largest absolute Gasteiger partial charge is 0.493 e. The quantitative estimate of drug-likeness (QED) is 0.169. The number of hydrogen-bond donors (Lipinski definition) is 0. The van der Waals surface area contributed by atoms with Crippen molar-refractivity contribution < 1.29 is 23.8 Å². The Morgan fingerprint density at radius 3 is 2.28 bits per heavy atom. The average Bonchev–Trinajstić information content (AvgIpc) is 3.01. The minimum atomic E-state index is -0.388. The number of ether oxygens (including phenoxy) is 3. The number of benzene rings is 3. The van der Waals surface area contributed by atoms with Crippen molar-refractivity contribution in [1.82, 2.24) is 4.90 Å². The van der Waals surface area contributed by atoms with Gasteiger partial charge in [0.2, 0.25) is 0 Å². The van der Waals surface area contributed by atoms with Crippen LogP contribution in [0.15, 0.2) is 71.1 Å². The topological polar surface area (TPSA) is 65.1 Å². The fourth-order valence-corrected chi connectivity index (χ4v) is 7.80. The van der Waals surface area contributed by atoms with Crippen molar-refractivity contribution in [2.24, 2.45) is 0 Å². The first-order valence-corrected chi connectivity index (χ1v) is 16.3. The van der Waals surface area contributed by atoms with E-state index >= 15 is 0 Å². The number of carbonyl (C=O) groups excluding carboxylic acids is 2. The van der Waals surface area contributed by atoms with Gasteiger partial charge in [0.05, 0.1) is 10.7 Å². The third-order valence-electron chi connectivity index (χ3n) is 9.04. The van der Waals surface area contributed by atoms with Crippen LogP contribution in [-0.4, -0.2) is 43.8 Å². The predicted octanol–water partition coefficient (Wildman–Crippen LogP) is 7.79. The van der Waals surface area contributed by atoms with Crippen molar-refractivity contribution >= 4 is 44.9 Å². The van der Waals surface area contributed by atoms with Gasteiger partial charge in [-0.1, -0.05) is 36.4 Å². The van der Waals surface area contributed by atoms with Crippen LogP contribution in [0.3, 0.4) is 0 Å². The number of fused-ring (bicyclic) bond motifs is 1. The Morgan fingerprint density at radius 1 is 0.907 bits per heavy atom. The summed E-state index contributed by atoms with van der Waals surface area (Å²) in [6.45, 7) is 3.90. The van der Waals surface area contributed by atoms with E-state index in [2.05, 4.69) is 70.8 Å². The molecule has 0 saturated heterocycles. The smallest absolute Gasteiger partial charge is 0.174 e. The molecule has 6 nitrogen and oxygen atoms in total. The minimum Gasteiger partial charge on any atom is -0.493 e. The first kappa shape index (κ1) is 29.9. The Kier molecular flexibility index (Phi) is 8.91. The van der Waals surface area contributed by atoms with Crippen molar-refractivity contribution in [2.75, 3.05) is 27.4 Å². The van der Waals surface area contributed by atoms with E-state index < -0.39 is 0 Å². The highest BCUT2D eigenvalue weighted by Crippen LogP contribution is 2.50. The zero-order valence-electron chi connectivity index (χ0n) is 25.1. The molecule has 6 rings (SSSR count). The van der Waals surface area contributed by atoms with Crippen LogP contribution in [0, 0.1) is 10.5 Å². The summed E-state index contributed by atoms with van der Waals surface area (Å²) >= 11 is 2.30. The third-order valence-corrected chi connectivity index (χ3v) is 9.84. The third kappa shape index (κ3) is 5.62. The number of hydrogen-bond acceptors (Lipinski definition) is 6. The predicted molar refractivity (Wildman–Crippen MR) is 176 cm³/mol. The molecule has 1 aliphatic heterocycles. The van der Waals surface area contributed by atoms with Gasteiger partial charge in [0.25, 0.3) is 0 Å². The zero-order valence-corrected chi connectivity index (χ0v) is 27.3. The van der Waals surface area contributed by atoms with Crippen LogP contribution in [0.5, 0.6) is 11.5 Å². The van der Waals surface area contributed by atoms with Gasteiger partial charge in [0, 0.05) is 67.1 Å². The second-order valence-corrected chi connectivity index (χ2v) is 12.8. The number of ketones is 2. The first-order valence-electron chi connectivity index (χ1n) is 15.2. The SMILES string of the molecule is COCCCN1C2=C(C(=O)CCC2)C(c2cc(I)c(OCc3c(C)ccc4ccccc34)c(OC)c2)C2=C1CCCC2=O. The molecule has 3 aromatic carbocycles. The van der Waals surface area contributed by atoms with Crippen molar-refractivity contribution in [1.29, 1.82) is 0 Å². The number of rotatable bonds is 9.